The van der Waals surface area contributed by atoms with Gasteiger partial charge in [0.2, 0.25) is 0 Å². The second kappa shape index (κ2) is 5.45. The van der Waals surface area contributed by atoms with Crippen molar-refractivity contribution in [3.05, 3.63) is 22.4 Å². The number of hydrogen-bond donors (Lipinski definition) is 2. The summed E-state index contributed by atoms with van der Waals surface area (Å²) < 4.78 is 2.87. The fourth-order valence-corrected chi connectivity index (χ4v) is 2.69. The average molecular weight is 315 g/mol. The van der Waals surface area contributed by atoms with E-state index in [0.29, 0.717) is 18.2 Å². The van der Waals surface area contributed by atoms with Gasteiger partial charge in [-0.05, 0) is 54.6 Å². The van der Waals surface area contributed by atoms with Gasteiger partial charge in [0.25, 0.3) is 5.91 Å². The second-order valence-electron chi connectivity index (χ2n) is 5.25. The Hall–Kier alpha value is -0.810. The van der Waals surface area contributed by atoms with E-state index in [1.54, 1.807) is 0 Å². The van der Waals surface area contributed by atoms with E-state index in [0.717, 1.165) is 17.3 Å². The summed E-state index contributed by atoms with van der Waals surface area (Å²) in [6.07, 6.45) is 3.36. The van der Waals surface area contributed by atoms with E-state index in [4.69, 9.17) is 0 Å². The molecule has 0 spiro atoms. The highest BCUT2D eigenvalue weighted by Crippen LogP contribution is 2.26. The van der Waals surface area contributed by atoms with Crippen LogP contribution in [0.5, 0.6) is 0 Å². The van der Waals surface area contributed by atoms with Crippen LogP contribution in [0.15, 0.2) is 16.7 Å². The van der Waals surface area contributed by atoms with Gasteiger partial charge in [0.05, 0.1) is 6.10 Å². The van der Waals surface area contributed by atoms with Crippen molar-refractivity contribution in [1.82, 2.24) is 9.88 Å². The highest BCUT2D eigenvalue weighted by atomic mass is 79.9. The summed E-state index contributed by atoms with van der Waals surface area (Å²) in [6.45, 7) is 4.74. The molecular weight excluding hydrogens is 296 g/mol. The van der Waals surface area contributed by atoms with E-state index in [2.05, 4.69) is 21.2 Å². The van der Waals surface area contributed by atoms with E-state index in [9.17, 15) is 9.90 Å². The number of aliphatic hydroxyl groups is 1. The van der Waals surface area contributed by atoms with Crippen LogP contribution in [0.1, 0.15) is 43.2 Å². The molecule has 4 nitrogen and oxygen atoms in total. The zero-order valence-electron chi connectivity index (χ0n) is 10.7. The molecule has 1 amide bonds. The van der Waals surface area contributed by atoms with Gasteiger partial charge in [0.15, 0.2) is 0 Å². The highest BCUT2D eigenvalue weighted by molar-refractivity contribution is 9.10. The van der Waals surface area contributed by atoms with Crippen LogP contribution in [0.3, 0.4) is 0 Å². The van der Waals surface area contributed by atoms with E-state index < -0.39 is 0 Å². The molecule has 100 valence electrons. The SMILES string of the molecule is CC(C)n1cc(Br)cc1C(=O)NCC1CC(O)C1. The molecule has 1 fully saturated rings. The average Bonchev–Trinajstić information content (AvgIpc) is 2.65. The topological polar surface area (TPSA) is 54.3 Å². The van der Waals surface area contributed by atoms with Gasteiger partial charge in [0, 0.05) is 23.3 Å². The van der Waals surface area contributed by atoms with Crippen LogP contribution in [0.4, 0.5) is 0 Å². The summed E-state index contributed by atoms with van der Waals surface area (Å²) in [4.78, 5) is 12.1. The van der Waals surface area contributed by atoms with E-state index >= 15 is 0 Å². The van der Waals surface area contributed by atoms with Gasteiger partial charge in [-0.3, -0.25) is 4.79 Å². The molecule has 1 heterocycles. The summed E-state index contributed by atoms with van der Waals surface area (Å²) in [5.41, 5.74) is 0.678. The first kappa shape index (κ1) is 13.6. The standard InChI is InChI=1S/C13H19BrN2O2/c1-8(2)16-7-10(14)5-12(16)13(18)15-6-9-3-11(17)4-9/h5,7-9,11,17H,3-4,6H2,1-2H3,(H,15,18). The fraction of sp³-hybridized carbons (Fsp3) is 0.615. The third-order valence-corrected chi connectivity index (χ3v) is 3.80. The molecule has 0 bridgehead atoms. The monoisotopic (exact) mass is 314 g/mol. The van der Waals surface area contributed by atoms with Crippen molar-refractivity contribution in [3.63, 3.8) is 0 Å². The predicted molar refractivity (Wildman–Crippen MR) is 73.6 cm³/mol. The molecule has 1 aliphatic carbocycles. The van der Waals surface area contributed by atoms with Crippen LogP contribution in [0.2, 0.25) is 0 Å². The van der Waals surface area contributed by atoms with Crippen LogP contribution in [0, 0.1) is 5.92 Å². The smallest absolute Gasteiger partial charge is 0.267 e. The molecule has 18 heavy (non-hydrogen) atoms. The molecule has 0 radical (unpaired) electrons. The van der Waals surface area contributed by atoms with Crippen LogP contribution >= 0.6 is 15.9 Å². The zero-order chi connectivity index (χ0) is 13.3. The normalized spacial score (nSPS) is 22.9. The molecule has 1 saturated carbocycles. The first-order valence-electron chi connectivity index (χ1n) is 6.31. The van der Waals surface area contributed by atoms with Crippen molar-refractivity contribution < 1.29 is 9.90 Å². The highest BCUT2D eigenvalue weighted by Gasteiger charge is 2.27. The summed E-state index contributed by atoms with van der Waals surface area (Å²) in [5, 5.41) is 12.1. The van der Waals surface area contributed by atoms with Crippen molar-refractivity contribution >= 4 is 21.8 Å². The molecule has 2 N–H and O–H groups in total. The Morgan fingerprint density at radius 1 is 1.61 bits per heavy atom. The molecule has 1 aliphatic rings. The zero-order valence-corrected chi connectivity index (χ0v) is 12.3. The Balaban J connectivity index is 1.95. The molecule has 0 aliphatic heterocycles. The minimum Gasteiger partial charge on any atom is -0.393 e. The molecule has 2 rings (SSSR count). The first-order chi connectivity index (χ1) is 8.47. The number of carbonyl (C=O) groups excluding carboxylic acids is 1. The van der Waals surface area contributed by atoms with Crippen LogP contribution < -0.4 is 5.32 Å². The van der Waals surface area contributed by atoms with E-state index in [1.165, 1.54) is 0 Å². The number of aliphatic hydroxyl groups excluding tert-OH is 1. The maximum atomic E-state index is 12.1. The van der Waals surface area contributed by atoms with Crippen LogP contribution in [-0.2, 0) is 0 Å². The van der Waals surface area contributed by atoms with Gasteiger partial charge in [-0.15, -0.1) is 0 Å². The van der Waals surface area contributed by atoms with Crippen molar-refractivity contribution in [2.24, 2.45) is 5.92 Å². The number of aromatic nitrogens is 1. The lowest BCUT2D eigenvalue weighted by molar-refractivity contribution is 0.0419. The lowest BCUT2D eigenvalue weighted by Gasteiger charge is -2.31. The molecule has 1 aromatic heterocycles. The van der Waals surface area contributed by atoms with Gasteiger partial charge >= 0.3 is 0 Å². The number of amides is 1. The number of halogens is 1. The molecular formula is C13H19BrN2O2. The molecule has 5 heteroatoms. The van der Waals surface area contributed by atoms with Crippen LogP contribution in [0.25, 0.3) is 0 Å². The van der Waals surface area contributed by atoms with Gasteiger partial charge < -0.3 is 15.0 Å². The minimum atomic E-state index is -0.166. The number of nitrogens with one attached hydrogen (secondary N) is 1. The lowest BCUT2D eigenvalue weighted by atomic mass is 9.82. The third-order valence-electron chi connectivity index (χ3n) is 3.37. The van der Waals surface area contributed by atoms with Crippen molar-refractivity contribution in [1.29, 1.82) is 0 Å². The largest absolute Gasteiger partial charge is 0.393 e. The Labute approximate surface area is 116 Å². The van der Waals surface area contributed by atoms with Gasteiger partial charge in [-0.25, -0.2) is 0 Å². The quantitative estimate of drug-likeness (QED) is 0.896. The van der Waals surface area contributed by atoms with Crippen molar-refractivity contribution in [2.45, 2.75) is 38.8 Å². The van der Waals surface area contributed by atoms with Crippen molar-refractivity contribution in [2.75, 3.05) is 6.54 Å². The Kier molecular flexibility index (Phi) is 4.12. The van der Waals surface area contributed by atoms with Gasteiger partial charge in [-0.1, -0.05) is 0 Å². The maximum absolute atomic E-state index is 12.1. The Bertz CT molecular complexity index is 436. The predicted octanol–water partition coefficient (Wildman–Crippen LogP) is 2.33. The van der Waals surface area contributed by atoms with E-state index in [1.807, 2.05) is 30.7 Å². The number of rotatable bonds is 4. The maximum Gasteiger partial charge on any atom is 0.267 e. The van der Waals surface area contributed by atoms with Gasteiger partial charge in [-0.2, -0.15) is 0 Å². The summed E-state index contributed by atoms with van der Waals surface area (Å²) in [6, 6.07) is 2.09. The number of hydrogen-bond acceptors (Lipinski definition) is 2. The Morgan fingerprint density at radius 2 is 2.28 bits per heavy atom. The number of carbonyl (C=O) groups is 1. The Morgan fingerprint density at radius 3 is 2.83 bits per heavy atom. The molecule has 0 atom stereocenters. The first-order valence-corrected chi connectivity index (χ1v) is 7.10. The molecule has 0 unspecified atom stereocenters. The van der Waals surface area contributed by atoms with Crippen LogP contribution in [-0.4, -0.2) is 28.2 Å². The van der Waals surface area contributed by atoms with Crippen molar-refractivity contribution in [3.8, 4) is 0 Å². The fourth-order valence-electron chi connectivity index (χ4n) is 2.25. The second-order valence-corrected chi connectivity index (χ2v) is 6.16. The third kappa shape index (κ3) is 2.95. The number of nitrogens with zero attached hydrogens (tertiary/aromatic N) is 1. The minimum absolute atomic E-state index is 0.0456. The summed E-state index contributed by atoms with van der Waals surface area (Å²) in [5.74, 6) is 0.380. The lowest BCUT2D eigenvalue weighted by Crippen LogP contribution is -2.38. The molecule has 0 saturated heterocycles. The van der Waals surface area contributed by atoms with Gasteiger partial charge in [0.1, 0.15) is 5.69 Å². The van der Waals surface area contributed by atoms with E-state index in [-0.39, 0.29) is 18.1 Å². The molecule has 0 aromatic carbocycles. The molecule has 1 aromatic rings. The summed E-state index contributed by atoms with van der Waals surface area (Å²) in [7, 11) is 0. The summed E-state index contributed by atoms with van der Waals surface area (Å²) >= 11 is 3.40.